The summed E-state index contributed by atoms with van der Waals surface area (Å²) in [6.45, 7) is 2.14. The van der Waals surface area contributed by atoms with Gasteiger partial charge in [-0.25, -0.2) is 0 Å². The molecule has 25 heavy (non-hydrogen) atoms. The summed E-state index contributed by atoms with van der Waals surface area (Å²) in [7, 11) is 0. The maximum absolute atomic E-state index is 12.3. The molecule has 1 heterocycles. The molecule has 0 bridgehead atoms. The highest BCUT2D eigenvalue weighted by molar-refractivity contribution is 7.15. The molecule has 1 atom stereocenters. The van der Waals surface area contributed by atoms with Crippen LogP contribution in [-0.4, -0.2) is 16.1 Å². The van der Waals surface area contributed by atoms with E-state index in [1.54, 1.807) is 12.1 Å². The summed E-state index contributed by atoms with van der Waals surface area (Å²) in [5, 5.41) is 13.0. The molecule has 1 aromatic heterocycles. The van der Waals surface area contributed by atoms with Crippen molar-refractivity contribution in [3.63, 3.8) is 0 Å². The van der Waals surface area contributed by atoms with Crippen molar-refractivity contribution in [1.29, 1.82) is 0 Å². The quantitative estimate of drug-likeness (QED) is 0.629. The average Bonchev–Trinajstić information content (AvgIpc) is 3.04. The number of amides is 1. The van der Waals surface area contributed by atoms with E-state index in [4.69, 9.17) is 23.2 Å². The Hall–Kier alpha value is -1.95. The Bertz CT molecular complexity index is 883. The third-order valence-corrected chi connectivity index (χ3v) is 5.14. The first-order chi connectivity index (χ1) is 12.0. The van der Waals surface area contributed by atoms with Crippen molar-refractivity contribution in [2.45, 2.75) is 19.3 Å². The maximum atomic E-state index is 12.3. The predicted octanol–water partition coefficient (Wildman–Crippen LogP) is 5.44. The minimum atomic E-state index is -0.355. The number of anilines is 1. The molecule has 7 heteroatoms. The van der Waals surface area contributed by atoms with Crippen LogP contribution >= 0.6 is 34.5 Å². The summed E-state index contributed by atoms with van der Waals surface area (Å²) in [6.07, 6.45) is 0.759. The summed E-state index contributed by atoms with van der Waals surface area (Å²) < 4.78 is 0. The molecule has 0 saturated carbocycles. The summed E-state index contributed by atoms with van der Waals surface area (Å²) >= 11 is 13.3. The van der Waals surface area contributed by atoms with Gasteiger partial charge < -0.3 is 0 Å². The average molecular weight is 392 g/mol. The normalized spacial score (nSPS) is 12.0. The summed E-state index contributed by atoms with van der Waals surface area (Å²) in [5.74, 6) is -0.0358. The largest absolute Gasteiger partial charge is 0.296 e. The van der Waals surface area contributed by atoms with Crippen LogP contribution < -0.4 is 5.32 Å². The van der Waals surface area contributed by atoms with Gasteiger partial charge >= 0.3 is 0 Å². The lowest BCUT2D eigenvalue weighted by atomic mass is 9.98. The molecule has 4 nitrogen and oxygen atoms in total. The second-order valence-electron chi connectivity index (χ2n) is 5.60. The number of benzene rings is 2. The standard InChI is InChI=1S/C18H15Cl2N3OS/c1-11(12-5-3-2-4-6-12)9-16-22-23-18(25-16)21-17(24)14-10-13(19)7-8-15(14)20/h2-8,10-11H,9H2,1H3,(H,21,23,24). The molecule has 0 radical (unpaired) electrons. The van der Waals surface area contributed by atoms with E-state index in [1.165, 1.54) is 23.0 Å². The van der Waals surface area contributed by atoms with Gasteiger partial charge in [0.05, 0.1) is 10.6 Å². The molecule has 0 spiro atoms. The fourth-order valence-electron chi connectivity index (χ4n) is 2.38. The SMILES string of the molecule is CC(Cc1nnc(NC(=O)c2cc(Cl)ccc2Cl)s1)c1ccccc1. The van der Waals surface area contributed by atoms with Gasteiger partial charge in [0.1, 0.15) is 5.01 Å². The highest BCUT2D eigenvalue weighted by atomic mass is 35.5. The number of carbonyl (C=O) groups excluding carboxylic acids is 1. The van der Waals surface area contributed by atoms with Crippen molar-refractivity contribution in [2.75, 3.05) is 5.32 Å². The molecule has 0 fully saturated rings. The minimum Gasteiger partial charge on any atom is -0.296 e. The molecule has 0 aliphatic carbocycles. The lowest BCUT2D eigenvalue weighted by Gasteiger charge is -2.08. The summed E-state index contributed by atoms with van der Waals surface area (Å²) in [4.78, 5) is 12.3. The molecule has 3 rings (SSSR count). The van der Waals surface area contributed by atoms with Crippen molar-refractivity contribution in [2.24, 2.45) is 0 Å². The highest BCUT2D eigenvalue weighted by Gasteiger charge is 2.15. The maximum Gasteiger partial charge on any atom is 0.259 e. The van der Waals surface area contributed by atoms with Gasteiger partial charge in [-0.05, 0) is 29.7 Å². The van der Waals surface area contributed by atoms with Crippen LogP contribution in [0.2, 0.25) is 10.0 Å². The smallest absolute Gasteiger partial charge is 0.259 e. The zero-order valence-corrected chi connectivity index (χ0v) is 15.7. The van der Waals surface area contributed by atoms with Crippen LogP contribution in [0.4, 0.5) is 5.13 Å². The van der Waals surface area contributed by atoms with Gasteiger partial charge in [-0.3, -0.25) is 10.1 Å². The van der Waals surface area contributed by atoms with Crippen LogP contribution in [0, 0.1) is 0 Å². The Morgan fingerprint density at radius 1 is 1.16 bits per heavy atom. The van der Waals surface area contributed by atoms with Crippen LogP contribution in [0.25, 0.3) is 0 Å². The first-order valence-corrected chi connectivity index (χ1v) is 9.24. The van der Waals surface area contributed by atoms with E-state index in [1.807, 2.05) is 18.2 Å². The van der Waals surface area contributed by atoms with Gasteiger partial charge in [0.2, 0.25) is 5.13 Å². The van der Waals surface area contributed by atoms with E-state index in [2.05, 4.69) is 34.6 Å². The van der Waals surface area contributed by atoms with Crippen molar-refractivity contribution in [3.05, 3.63) is 74.7 Å². The van der Waals surface area contributed by atoms with Crippen LogP contribution in [0.15, 0.2) is 48.5 Å². The van der Waals surface area contributed by atoms with Crippen molar-refractivity contribution >= 4 is 45.6 Å². The zero-order valence-electron chi connectivity index (χ0n) is 13.4. The number of hydrogen-bond acceptors (Lipinski definition) is 4. The minimum absolute atomic E-state index is 0.309. The second-order valence-corrected chi connectivity index (χ2v) is 7.50. The number of carbonyl (C=O) groups is 1. The predicted molar refractivity (Wildman–Crippen MR) is 103 cm³/mol. The van der Waals surface area contributed by atoms with Crippen LogP contribution in [-0.2, 0) is 6.42 Å². The molecule has 2 aromatic carbocycles. The molecule has 0 aliphatic heterocycles. The van der Waals surface area contributed by atoms with Gasteiger partial charge in [-0.1, -0.05) is 71.8 Å². The number of rotatable bonds is 5. The molecule has 1 N–H and O–H groups in total. The van der Waals surface area contributed by atoms with Gasteiger partial charge in [0.15, 0.2) is 0 Å². The van der Waals surface area contributed by atoms with E-state index in [-0.39, 0.29) is 5.91 Å². The molecular weight excluding hydrogens is 377 g/mol. The Balaban J connectivity index is 1.67. The molecule has 3 aromatic rings. The van der Waals surface area contributed by atoms with E-state index in [0.717, 1.165) is 11.4 Å². The molecule has 128 valence electrons. The van der Waals surface area contributed by atoms with Crippen molar-refractivity contribution < 1.29 is 4.79 Å². The molecule has 1 amide bonds. The van der Waals surface area contributed by atoms with Gasteiger partial charge in [0, 0.05) is 11.4 Å². The molecule has 1 unspecified atom stereocenters. The van der Waals surface area contributed by atoms with Crippen molar-refractivity contribution in [3.8, 4) is 0 Å². The Kier molecular flexibility index (Phi) is 5.68. The highest BCUT2D eigenvalue weighted by Crippen LogP contribution is 2.26. The van der Waals surface area contributed by atoms with E-state index < -0.39 is 0 Å². The number of nitrogens with one attached hydrogen (secondary N) is 1. The Morgan fingerprint density at radius 2 is 1.92 bits per heavy atom. The molecular formula is C18H15Cl2N3OS. The number of nitrogens with zero attached hydrogens (tertiary/aromatic N) is 2. The van der Waals surface area contributed by atoms with E-state index in [0.29, 0.717) is 26.7 Å². The third-order valence-electron chi connectivity index (χ3n) is 3.71. The van der Waals surface area contributed by atoms with Crippen LogP contribution in [0.5, 0.6) is 0 Å². The van der Waals surface area contributed by atoms with Gasteiger partial charge in [0.25, 0.3) is 5.91 Å². The number of hydrogen-bond donors (Lipinski definition) is 1. The monoisotopic (exact) mass is 391 g/mol. The fourth-order valence-corrected chi connectivity index (χ4v) is 3.62. The Labute approximate surface area is 159 Å². The van der Waals surface area contributed by atoms with Crippen LogP contribution in [0.3, 0.4) is 0 Å². The number of halogens is 2. The van der Waals surface area contributed by atoms with E-state index >= 15 is 0 Å². The second kappa shape index (κ2) is 7.95. The topological polar surface area (TPSA) is 54.9 Å². The van der Waals surface area contributed by atoms with Gasteiger partial charge in [-0.15, -0.1) is 10.2 Å². The Morgan fingerprint density at radius 3 is 2.68 bits per heavy atom. The van der Waals surface area contributed by atoms with Gasteiger partial charge in [-0.2, -0.15) is 0 Å². The first-order valence-electron chi connectivity index (χ1n) is 7.66. The lowest BCUT2D eigenvalue weighted by molar-refractivity contribution is 0.102. The van der Waals surface area contributed by atoms with Crippen molar-refractivity contribution in [1.82, 2.24) is 10.2 Å². The van der Waals surface area contributed by atoms with Crippen LogP contribution in [0.1, 0.15) is 33.8 Å². The van der Waals surface area contributed by atoms with E-state index in [9.17, 15) is 4.79 Å². The zero-order chi connectivity index (χ0) is 17.8. The lowest BCUT2D eigenvalue weighted by Crippen LogP contribution is -2.12. The fraction of sp³-hybridized carbons (Fsp3) is 0.167. The number of aromatic nitrogens is 2. The third kappa shape index (κ3) is 4.57. The summed E-state index contributed by atoms with van der Waals surface area (Å²) in [6, 6.07) is 15.0. The first kappa shape index (κ1) is 17.9. The molecule has 0 aliphatic rings. The summed E-state index contributed by atoms with van der Waals surface area (Å²) in [5.41, 5.74) is 1.55. The molecule has 0 saturated heterocycles.